The highest BCUT2D eigenvalue weighted by Gasteiger charge is 2.38. The van der Waals surface area contributed by atoms with Gasteiger partial charge < -0.3 is 25.2 Å². The summed E-state index contributed by atoms with van der Waals surface area (Å²) >= 11 is 0. The van der Waals surface area contributed by atoms with Crippen LogP contribution in [0.25, 0.3) is 0 Å². The Morgan fingerprint density at radius 3 is 2.52 bits per heavy atom. The summed E-state index contributed by atoms with van der Waals surface area (Å²) in [4.78, 5) is 49.5. The van der Waals surface area contributed by atoms with E-state index >= 15 is 0 Å². The predicted octanol–water partition coefficient (Wildman–Crippen LogP) is 1.33. The number of amides is 3. The highest BCUT2D eigenvalue weighted by atomic mass is 16.4. The number of likely N-dealkylation sites (tertiary alicyclic amines) is 1. The lowest BCUT2D eigenvalue weighted by molar-refractivity contribution is -0.157. The normalized spacial score (nSPS) is 23.8. The van der Waals surface area contributed by atoms with Crippen LogP contribution in [0.5, 0.6) is 0 Å². The summed E-state index contributed by atoms with van der Waals surface area (Å²) in [5.74, 6) is -2.41. The van der Waals surface area contributed by atoms with E-state index < -0.39 is 11.9 Å². The minimum absolute atomic E-state index is 0.0218. The van der Waals surface area contributed by atoms with Crippen molar-refractivity contribution in [2.75, 3.05) is 18.4 Å². The number of aliphatic carboxylic acids is 1. The Morgan fingerprint density at radius 2 is 1.79 bits per heavy atom. The minimum atomic E-state index is -1.45. The van der Waals surface area contributed by atoms with E-state index in [1.54, 1.807) is 16.7 Å². The quantitative estimate of drug-likeness (QED) is 0.645. The van der Waals surface area contributed by atoms with E-state index in [2.05, 4.69) is 10.6 Å². The van der Waals surface area contributed by atoms with E-state index in [1.165, 1.54) is 11.3 Å². The van der Waals surface area contributed by atoms with E-state index in [-0.39, 0.29) is 41.7 Å². The molecule has 3 aliphatic rings. The number of rotatable bonds is 2. The maximum absolute atomic E-state index is 12.9. The average Bonchev–Trinajstić information content (AvgIpc) is 2.70. The van der Waals surface area contributed by atoms with Gasteiger partial charge in [-0.05, 0) is 37.3 Å². The van der Waals surface area contributed by atoms with Crippen LogP contribution in [0.15, 0.2) is 16.9 Å². The first kappa shape index (κ1) is 19.5. The van der Waals surface area contributed by atoms with Gasteiger partial charge in [-0.2, -0.15) is 0 Å². The van der Waals surface area contributed by atoms with Crippen molar-refractivity contribution in [1.29, 1.82) is 0 Å². The standard InChI is InChI=1S/C20H26N4O5/c25-17-15(22-20(29)21-14-4-2-1-3-5-14)6-7-16-13-8-12(10-24(16)17)9-23(11-13)18(26)19(27)28/h6-7,12-14H,1-5,8-11H2,(H,27,28)(H2,21,22,29). The number of hydrogen-bond donors (Lipinski definition) is 3. The number of carbonyl (C=O) groups excluding carboxylic acids is 2. The van der Waals surface area contributed by atoms with Gasteiger partial charge in [-0.3, -0.25) is 9.59 Å². The molecule has 9 nitrogen and oxygen atoms in total. The third-order valence-corrected chi connectivity index (χ3v) is 6.26. The number of aromatic nitrogens is 1. The molecule has 9 heteroatoms. The molecule has 3 N–H and O–H groups in total. The molecule has 0 spiro atoms. The summed E-state index contributed by atoms with van der Waals surface area (Å²) in [7, 11) is 0. The van der Waals surface area contributed by atoms with Gasteiger partial charge >= 0.3 is 17.9 Å². The molecule has 2 aliphatic heterocycles. The molecule has 1 saturated carbocycles. The second-order valence-corrected chi connectivity index (χ2v) is 8.33. The third kappa shape index (κ3) is 3.99. The molecule has 156 valence electrons. The number of anilines is 1. The predicted molar refractivity (Wildman–Crippen MR) is 105 cm³/mol. The maximum atomic E-state index is 12.9. The molecule has 4 rings (SSSR count). The largest absolute Gasteiger partial charge is 0.474 e. The zero-order valence-corrected chi connectivity index (χ0v) is 16.2. The Kier molecular flexibility index (Phi) is 5.29. The molecule has 0 aromatic carbocycles. The summed E-state index contributed by atoms with van der Waals surface area (Å²) < 4.78 is 1.66. The Hall–Kier alpha value is -2.84. The van der Waals surface area contributed by atoms with Crippen LogP contribution in [0.1, 0.15) is 50.1 Å². The zero-order valence-electron chi connectivity index (χ0n) is 16.2. The van der Waals surface area contributed by atoms with E-state index in [0.29, 0.717) is 13.1 Å². The number of urea groups is 1. The van der Waals surface area contributed by atoms with Crippen LogP contribution >= 0.6 is 0 Å². The lowest BCUT2D eigenvalue weighted by atomic mass is 9.83. The minimum Gasteiger partial charge on any atom is -0.474 e. The molecule has 1 saturated heterocycles. The second-order valence-electron chi connectivity index (χ2n) is 8.33. The molecule has 2 fully saturated rings. The molecule has 1 aliphatic carbocycles. The van der Waals surface area contributed by atoms with Gasteiger partial charge in [-0.15, -0.1) is 0 Å². The molecule has 0 radical (unpaired) electrons. The fraction of sp³-hybridized carbons (Fsp3) is 0.600. The number of carbonyl (C=O) groups is 3. The first-order valence-electron chi connectivity index (χ1n) is 10.3. The van der Waals surface area contributed by atoms with Crippen molar-refractivity contribution in [2.45, 2.75) is 57.0 Å². The van der Waals surface area contributed by atoms with Crippen molar-refractivity contribution < 1.29 is 19.5 Å². The summed E-state index contributed by atoms with van der Waals surface area (Å²) in [5.41, 5.74) is 0.766. The fourth-order valence-corrected chi connectivity index (χ4v) is 4.93. The van der Waals surface area contributed by atoms with Crippen LogP contribution in [0.4, 0.5) is 10.5 Å². The van der Waals surface area contributed by atoms with Gasteiger partial charge in [0.25, 0.3) is 5.56 Å². The number of hydrogen-bond acceptors (Lipinski definition) is 4. The van der Waals surface area contributed by atoms with Crippen LogP contribution in [0, 0.1) is 5.92 Å². The Balaban J connectivity index is 1.49. The number of fused-ring (bicyclic) bond motifs is 4. The van der Waals surface area contributed by atoms with Gasteiger partial charge in [0.1, 0.15) is 5.69 Å². The van der Waals surface area contributed by atoms with Crippen molar-refractivity contribution in [3.8, 4) is 0 Å². The van der Waals surface area contributed by atoms with Crippen molar-refractivity contribution in [1.82, 2.24) is 14.8 Å². The highest BCUT2D eigenvalue weighted by Crippen LogP contribution is 2.35. The van der Waals surface area contributed by atoms with E-state index in [4.69, 9.17) is 5.11 Å². The molecule has 1 aromatic rings. The van der Waals surface area contributed by atoms with Crippen LogP contribution in [0.2, 0.25) is 0 Å². The molecule has 2 unspecified atom stereocenters. The molecule has 3 heterocycles. The summed E-state index contributed by atoms with van der Waals surface area (Å²) in [6.07, 6.45) is 6.16. The Labute approximate surface area is 168 Å². The first-order valence-corrected chi connectivity index (χ1v) is 10.3. The number of nitrogens with one attached hydrogen (secondary N) is 2. The monoisotopic (exact) mass is 402 g/mol. The Morgan fingerprint density at radius 1 is 1.03 bits per heavy atom. The lowest BCUT2D eigenvalue weighted by Crippen LogP contribution is -2.51. The van der Waals surface area contributed by atoms with Gasteiger partial charge in [0.15, 0.2) is 0 Å². The van der Waals surface area contributed by atoms with Gasteiger partial charge in [0, 0.05) is 37.3 Å². The maximum Gasteiger partial charge on any atom is 0.394 e. The molecular weight excluding hydrogens is 376 g/mol. The molecule has 1 aromatic heterocycles. The van der Waals surface area contributed by atoms with E-state index in [1.807, 2.05) is 0 Å². The topological polar surface area (TPSA) is 121 Å². The number of pyridine rings is 1. The zero-order chi connectivity index (χ0) is 20.5. The van der Waals surface area contributed by atoms with Crippen LogP contribution in [0.3, 0.4) is 0 Å². The van der Waals surface area contributed by atoms with Crippen molar-refractivity contribution in [2.24, 2.45) is 5.92 Å². The third-order valence-electron chi connectivity index (χ3n) is 6.26. The molecule has 29 heavy (non-hydrogen) atoms. The average molecular weight is 402 g/mol. The first-order chi connectivity index (χ1) is 13.9. The SMILES string of the molecule is O=C(Nc1ccc2n(c1=O)CC1CC2CN(C(=O)C(=O)O)C1)NC1CCCCC1. The van der Waals surface area contributed by atoms with E-state index in [9.17, 15) is 19.2 Å². The van der Waals surface area contributed by atoms with Crippen molar-refractivity contribution in [3.05, 3.63) is 28.2 Å². The van der Waals surface area contributed by atoms with Gasteiger partial charge in [0.2, 0.25) is 0 Å². The molecular formula is C20H26N4O5. The van der Waals surface area contributed by atoms with Crippen molar-refractivity contribution >= 4 is 23.6 Å². The molecule has 3 amide bonds. The number of carboxylic acids is 1. The second kappa shape index (κ2) is 7.88. The fourth-order valence-electron chi connectivity index (χ4n) is 4.93. The van der Waals surface area contributed by atoms with Crippen LogP contribution in [-0.2, 0) is 16.1 Å². The van der Waals surface area contributed by atoms with Gasteiger partial charge in [0.05, 0.1) is 0 Å². The molecule has 2 bridgehead atoms. The van der Waals surface area contributed by atoms with Crippen LogP contribution in [-0.4, -0.2) is 51.6 Å². The lowest BCUT2D eigenvalue weighted by Gasteiger charge is -2.42. The number of piperidine rings is 1. The van der Waals surface area contributed by atoms with E-state index in [0.717, 1.165) is 37.8 Å². The highest BCUT2D eigenvalue weighted by molar-refractivity contribution is 6.31. The summed E-state index contributed by atoms with van der Waals surface area (Å²) in [6.45, 7) is 1.02. The van der Waals surface area contributed by atoms with Crippen LogP contribution < -0.4 is 16.2 Å². The van der Waals surface area contributed by atoms with Gasteiger partial charge in [-0.1, -0.05) is 19.3 Å². The summed E-state index contributed by atoms with van der Waals surface area (Å²) in [6, 6.07) is 3.20. The molecule has 2 atom stereocenters. The summed E-state index contributed by atoms with van der Waals surface area (Å²) in [5, 5.41) is 14.6. The van der Waals surface area contributed by atoms with Gasteiger partial charge in [-0.25, -0.2) is 9.59 Å². The number of carboxylic acid groups (broad SMARTS) is 1. The van der Waals surface area contributed by atoms with Crippen molar-refractivity contribution in [3.63, 3.8) is 0 Å². The smallest absolute Gasteiger partial charge is 0.394 e. The number of nitrogens with zero attached hydrogens (tertiary/aromatic N) is 2. The Bertz CT molecular complexity index is 889.